The summed E-state index contributed by atoms with van der Waals surface area (Å²) in [6.45, 7) is 1.94. The van der Waals surface area contributed by atoms with Crippen molar-refractivity contribution in [1.29, 1.82) is 0 Å². The molecule has 0 radical (unpaired) electrons. The molecule has 0 unspecified atom stereocenters. The van der Waals surface area contributed by atoms with Gasteiger partial charge < -0.3 is 5.32 Å². The molecule has 1 aliphatic carbocycles. The van der Waals surface area contributed by atoms with Crippen molar-refractivity contribution in [2.45, 2.75) is 44.6 Å². The minimum Gasteiger partial charge on any atom is -0.323 e. The van der Waals surface area contributed by atoms with Crippen LogP contribution in [-0.4, -0.2) is 55.9 Å². The number of Topliss-reactive ketones (excluding diaryl/α,β-unsaturated/α-hetero) is 1. The first-order valence-electron chi connectivity index (χ1n) is 9.33. The van der Waals surface area contributed by atoms with Crippen molar-refractivity contribution in [2.24, 2.45) is 5.92 Å². The van der Waals surface area contributed by atoms with Crippen molar-refractivity contribution >= 4 is 39.1 Å². The zero-order chi connectivity index (χ0) is 20.5. The summed E-state index contributed by atoms with van der Waals surface area (Å²) in [6.07, 6.45) is 4.97. The van der Waals surface area contributed by atoms with E-state index in [0.29, 0.717) is 17.7 Å². The van der Waals surface area contributed by atoms with Crippen molar-refractivity contribution in [3.63, 3.8) is 0 Å². The number of carbonyl (C=O) groups is 3. The molecule has 1 aromatic rings. The number of rotatable bonds is 7. The van der Waals surface area contributed by atoms with Crippen molar-refractivity contribution < 1.29 is 22.8 Å². The van der Waals surface area contributed by atoms with Gasteiger partial charge in [-0.1, -0.05) is 19.8 Å². The number of urea groups is 1. The minimum absolute atomic E-state index is 0.0495. The molecule has 2 N–H and O–H groups in total. The molecule has 0 bridgehead atoms. The Kier molecular flexibility index (Phi) is 5.92. The molecule has 1 saturated carbocycles. The van der Waals surface area contributed by atoms with Crippen LogP contribution in [0.4, 0.5) is 4.79 Å². The van der Waals surface area contributed by atoms with E-state index in [0.717, 1.165) is 35.3 Å². The molecule has 1 saturated heterocycles. The van der Waals surface area contributed by atoms with Gasteiger partial charge in [-0.15, -0.1) is 11.3 Å². The number of sulfonamides is 1. The van der Waals surface area contributed by atoms with Gasteiger partial charge in [0.2, 0.25) is 10.0 Å². The summed E-state index contributed by atoms with van der Waals surface area (Å²) in [5.41, 5.74) is -0.868. The van der Waals surface area contributed by atoms with Crippen molar-refractivity contribution in [3.8, 4) is 0 Å². The molecule has 2 heterocycles. The Bertz CT molecular complexity index is 895. The van der Waals surface area contributed by atoms with E-state index in [-0.39, 0.29) is 30.7 Å². The molecule has 10 heteroatoms. The topological polar surface area (TPSA) is 113 Å². The molecule has 8 nitrogen and oxygen atoms in total. The van der Waals surface area contributed by atoms with Crippen molar-refractivity contribution in [2.75, 3.05) is 19.3 Å². The second kappa shape index (κ2) is 7.92. The first kappa shape index (κ1) is 20.9. The van der Waals surface area contributed by atoms with Crippen LogP contribution < -0.4 is 10.0 Å². The molecule has 2 fully saturated rings. The van der Waals surface area contributed by atoms with Gasteiger partial charge in [-0.2, -0.15) is 0 Å². The van der Waals surface area contributed by atoms with Gasteiger partial charge in [-0.3, -0.25) is 14.5 Å². The second-order valence-corrected chi connectivity index (χ2v) is 10.5. The van der Waals surface area contributed by atoms with Gasteiger partial charge in [0.05, 0.1) is 17.7 Å². The first-order valence-corrected chi connectivity index (χ1v) is 12.0. The Hall–Kier alpha value is -1.78. The van der Waals surface area contributed by atoms with Crippen LogP contribution in [0, 0.1) is 5.92 Å². The maximum absolute atomic E-state index is 12.9. The largest absolute Gasteiger partial charge is 0.325 e. The smallest absolute Gasteiger partial charge is 0.323 e. The van der Waals surface area contributed by atoms with Gasteiger partial charge in [0, 0.05) is 11.4 Å². The molecule has 2 aliphatic rings. The third-order valence-electron chi connectivity index (χ3n) is 5.48. The fourth-order valence-electron chi connectivity index (χ4n) is 3.88. The molecule has 154 valence electrons. The van der Waals surface area contributed by atoms with Crippen LogP contribution in [0.1, 0.15) is 47.2 Å². The maximum atomic E-state index is 12.9. The molecular weight excluding hydrogens is 402 g/mol. The number of carbonyl (C=O) groups excluding carboxylic acids is 3. The quantitative estimate of drug-likeness (QED) is 0.506. The molecule has 28 heavy (non-hydrogen) atoms. The van der Waals surface area contributed by atoms with E-state index in [4.69, 9.17) is 0 Å². The number of nitrogens with zero attached hydrogens (tertiary/aromatic N) is 1. The van der Waals surface area contributed by atoms with Crippen LogP contribution in [0.25, 0.3) is 0 Å². The van der Waals surface area contributed by atoms with Crippen LogP contribution in [0.5, 0.6) is 0 Å². The van der Waals surface area contributed by atoms with Gasteiger partial charge in [-0.05, 0) is 37.3 Å². The number of ketones is 1. The van der Waals surface area contributed by atoms with E-state index >= 15 is 0 Å². The van der Waals surface area contributed by atoms with Crippen LogP contribution >= 0.6 is 11.3 Å². The van der Waals surface area contributed by atoms with E-state index in [2.05, 4.69) is 10.0 Å². The lowest BCUT2D eigenvalue weighted by Crippen LogP contribution is -2.54. The summed E-state index contributed by atoms with van der Waals surface area (Å²) in [4.78, 5) is 40.3. The summed E-state index contributed by atoms with van der Waals surface area (Å²) in [7, 11) is -3.25. The van der Waals surface area contributed by atoms with Gasteiger partial charge >= 0.3 is 6.03 Å². The summed E-state index contributed by atoms with van der Waals surface area (Å²) in [5, 5.41) is 2.85. The lowest BCUT2D eigenvalue weighted by Gasteiger charge is -2.36. The lowest BCUT2D eigenvalue weighted by molar-refractivity contribution is -0.133. The number of hydrogen-bond acceptors (Lipinski definition) is 6. The van der Waals surface area contributed by atoms with E-state index in [9.17, 15) is 22.8 Å². The zero-order valence-electron chi connectivity index (χ0n) is 16.0. The fourth-order valence-corrected chi connectivity index (χ4v) is 5.29. The maximum Gasteiger partial charge on any atom is 0.325 e. The molecule has 3 rings (SSSR count). The zero-order valence-corrected chi connectivity index (χ0v) is 17.6. The average molecular weight is 428 g/mol. The molecule has 3 amide bonds. The van der Waals surface area contributed by atoms with Crippen LogP contribution in [0.3, 0.4) is 0 Å². The lowest BCUT2D eigenvalue weighted by atomic mass is 9.73. The number of nitrogens with one attached hydrogen (secondary N) is 2. The third-order valence-corrected chi connectivity index (χ3v) is 7.39. The van der Waals surface area contributed by atoms with Gasteiger partial charge in [0.25, 0.3) is 5.91 Å². The monoisotopic (exact) mass is 427 g/mol. The van der Waals surface area contributed by atoms with E-state index in [1.54, 1.807) is 12.1 Å². The second-order valence-electron chi connectivity index (χ2n) is 7.55. The van der Waals surface area contributed by atoms with Gasteiger partial charge in [0.1, 0.15) is 5.54 Å². The fraction of sp³-hybridized carbons (Fsp3) is 0.611. The molecule has 1 aromatic heterocycles. The van der Waals surface area contributed by atoms with Crippen LogP contribution in [-0.2, 0) is 21.2 Å². The third kappa shape index (κ3) is 4.28. The van der Waals surface area contributed by atoms with Crippen molar-refractivity contribution in [3.05, 3.63) is 21.9 Å². The molecule has 1 aliphatic heterocycles. The highest BCUT2D eigenvalue weighted by molar-refractivity contribution is 7.88. The van der Waals surface area contributed by atoms with E-state index in [1.807, 2.05) is 6.92 Å². The number of amides is 3. The van der Waals surface area contributed by atoms with Crippen LogP contribution in [0.15, 0.2) is 12.1 Å². The number of thiophene rings is 1. The van der Waals surface area contributed by atoms with Gasteiger partial charge in [0.15, 0.2) is 5.78 Å². The number of imide groups is 1. The summed E-state index contributed by atoms with van der Waals surface area (Å²) >= 11 is 1.25. The Morgan fingerprint density at radius 2 is 2.11 bits per heavy atom. The predicted octanol–water partition coefficient (Wildman–Crippen LogP) is 1.52. The SMILES string of the molecule is C[C@@H]1CCCC[C@@]12NC(=O)N(CC(=O)c1ccc(CCNS(C)(=O)=O)s1)C2=O. The highest BCUT2D eigenvalue weighted by atomic mass is 32.2. The Morgan fingerprint density at radius 3 is 2.79 bits per heavy atom. The summed E-state index contributed by atoms with van der Waals surface area (Å²) in [6, 6.07) is 2.92. The van der Waals surface area contributed by atoms with E-state index in [1.165, 1.54) is 11.3 Å². The first-order chi connectivity index (χ1) is 13.1. The molecule has 0 aromatic carbocycles. The molecule has 1 spiro atoms. The highest BCUT2D eigenvalue weighted by Crippen LogP contribution is 2.38. The standard InChI is InChI=1S/C18H25N3O5S2/c1-12-5-3-4-9-18(12)16(23)21(17(24)20-18)11-14(22)15-7-6-13(27-15)8-10-19-28(2,25)26/h6-7,12,19H,3-5,8-11H2,1-2H3,(H,20,24)/t12-,18-/m1/s1. The summed E-state index contributed by atoms with van der Waals surface area (Å²) in [5.74, 6) is -0.544. The predicted molar refractivity (Wildman–Crippen MR) is 106 cm³/mol. The molecular formula is C18H25N3O5S2. The average Bonchev–Trinajstić information content (AvgIpc) is 3.16. The normalized spacial score (nSPS) is 25.4. The summed E-state index contributed by atoms with van der Waals surface area (Å²) < 4.78 is 24.6. The van der Waals surface area contributed by atoms with Crippen molar-refractivity contribution in [1.82, 2.24) is 14.9 Å². The van der Waals surface area contributed by atoms with Gasteiger partial charge in [-0.25, -0.2) is 17.9 Å². The Labute approximate surface area is 168 Å². The van der Waals surface area contributed by atoms with Crippen LogP contribution in [0.2, 0.25) is 0 Å². The highest BCUT2D eigenvalue weighted by Gasteiger charge is 2.55. The molecule has 2 atom stereocenters. The number of hydrogen-bond donors (Lipinski definition) is 2. The Morgan fingerprint density at radius 1 is 1.36 bits per heavy atom. The Balaban J connectivity index is 1.63. The van der Waals surface area contributed by atoms with E-state index < -0.39 is 21.6 Å². The minimum atomic E-state index is -3.25.